The second-order valence-corrected chi connectivity index (χ2v) is 7.26. The zero-order valence-corrected chi connectivity index (χ0v) is 16.7. The molecule has 0 aliphatic carbocycles. The van der Waals surface area contributed by atoms with Crippen LogP contribution in [0.2, 0.25) is 0 Å². The first-order chi connectivity index (χ1) is 12.9. The quantitative estimate of drug-likeness (QED) is 0.643. The summed E-state index contributed by atoms with van der Waals surface area (Å²) in [5.41, 5.74) is 3.02. The lowest BCUT2D eigenvalue weighted by Gasteiger charge is -2.09. The number of nitrogens with one attached hydrogen (secondary N) is 1. The molecule has 148 valence electrons. The van der Waals surface area contributed by atoms with Crippen molar-refractivity contribution in [3.8, 4) is 5.75 Å². The van der Waals surface area contributed by atoms with Crippen LogP contribution in [-0.4, -0.2) is 28.8 Å². The van der Waals surface area contributed by atoms with Crippen LogP contribution in [0.1, 0.15) is 43.6 Å². The number of halogens is 1. The van der Waals surface area contributed by atoms with Crippen LogP contribution in [0.4, 0.5) is 4.39 Å². The van der Waals surface area contributed by atoms with Gasteiger partial charge in [-0.05, 0) is 56.9 Å². The van der Waals surface area contributed by atoms with Crippen molar-refractivity contribution in [3.05, 3.63) is 47.0 Å². The van der Waals surface area contributed by atoms with Gasteiger partial charge >= 0.3 is 0 Å². The van der Waals surface area contributed by atoms with Crippen LogP contribution in [0.3, 0.4) is 0 Å². The van der Waals surface area contributed by atoms with Crippen molar-refractivity contribution in [3.63, 3.8) is 0 Å². The summed E-state index contributed by atoms with van der Waals surface area (Å²) in [6.07, 6.45) is 2.02. The molecule has 0 atom stereocenters. The Balaban J connectivity index is 1.67. The lowest BCUT2D eigenvalue weighted by Crippen LogP contribution is -2.26. The average Bonchev–Trinajstić information content (AvgIpc) is 2.86. The SMILES string of the molecule is Cc1nn(CC(C)C)c(C)c1CC(=O)NCCCCOc1ccc(F)cc1. The average molecular weight is 375 g/mol. The van der Waals surface area contributed by atoms with Gasteiger partial charge in [-0.2, -0.15) is 5.10 Å². The van der Waals surface area contributed by atoms with Gasteiger partial charge in [0.1, 0.15) is 11.6 Å². The van der Waals surface area contributed by atoms with E-state index in [9.17, 15) is 9.18 Å². The highest BCUT2D eigenvalue weighted by molar-refractivity contribution is 5.79. The molecule has 0 aliphatic heterocycles. The summed E-state index contributed by atoms with van der Waals surface area (Å²) in [5.74, 6) is 0.918. The number of aryl methyl sites for hydroxylation is 1. The number of carbonyl (C=O) groups is 1. The van der Waals surface area contributed by atoms with Crippen molar-refractivity contribution < 1.29 is 13.9 Å². The van der Waals surface area contributed by atoms with Crippen LogP contribution in [0.25, 0.3) is 0 Å². The van der Waals surface area contributed by atoms with Crippen molar-refractivity contribution in [2.45, 2.75) is 53.5 Å². The van der Waals surface area contributed by atoms with E-state index in [0.29, 0.717) is 31.2 Å². The number of carbonyl (C=O) groups excluding carboxylic acids is 1. The van der Waals surface area contributed by atoms with E-state index in [2.05, 4.69) is 24.3 Å². The van der Waals surface area contributed by atoms with Crippen LogP contribution in [-0.2, 0) is 17.8 Å². The highest BCUT2D eigenvalue weighted by Gasteiger charge is 2.15. The Kier molecular flexibility index (Phi) is 7.82. The molecule has 2 rings (SSSR count). The predicted molar refractivity (Wildman–Crippen MR) is 104 cm³/mol. The molecule has 1 amide bonds. The zero-order valence-electron chi connectivity index (χ0n) is 16.7. The van der Waals surface area contributed by atoms with Crippen LogP contribution in [0.15, 0.2) is 24.3 Å². The molecule has 1 aromatic heterocycles. The Hall–Kier alpha value is -2.37. The van der Waals surface area contributed by atoms with Crippen LogP contribution in [0, 0.1) is 25.6 Å². The molecule has 5 nitrogen and oxygen atoms in total. The van der Waals surface area contributed by atoms with Crippen molar-refractivity contribution >= 4 is 5.91 Å². The van der Waals surface area contributed by atoms with E-state index in [1.54, 1.807) is 12.1 Å². The number of hydrogen-bond donors (Lipinski definition) is 1. The molecule has 6 heteroatoms. The van der Waals surface area contributed by atoms with E-state index in [-0.39, 0.29) is 11.7 Å². The third kappa shape index (κ3) is 6.70. The molecule has 0 radical (unpaired) electrons. The minimum Gasteiger partial charge on any atom is -0.494 e. The first kappa shape index (κ1) is 20.9. The van der Waals surface area contributed by atoms with Gasteiger partial charge in [-0.25, -0.2) is 4.39 Å². The molecular formula is C21H30FN3O2. The summed E-state index contributed by atoms with van der Waals surface area (Å²) in [5, 5.41) is 7.52. The Morgan fingerprint density at radius 3 is 2.59 bits per heavy atom. The lowest BCUT2D eigenvalue weighted by molar-refractivity contribution is -0.120. The van der Waals surface area contributed by atoms with Gasteiger partial charge in [0.25, 0.3) is 0 Å². The Morgan fingerprint density at radius 2 is 1.93 bits per heavy atom. The second-order valence-electron chi connectivity index (χ2n) is 7.26. The number of aromatic nitrogens is 2. The zero-order chi connectivity index (χ0) is 19.8. The van der Waals surface area contributed by atoms with E-state index in [0.717, 1.165) is 36.3 Å². The third-order valence-electron chi connectivity index (χ3n) is 4.38. The molecule has 0 saturated heterocycles. The van der Waals surface area contributed by atoms with Crippen molar-refractivity contribution in [2.75, 3.05) is 13.2 Å². The molecule has 0 fully saturated rings. The van der Waals surface area contributed by atoms with Gasteiger partial charge < -0.3 is 10.1 Å². The molecule has 0 unspecified atom stereocenters. The summed E-state index contributed by atoms with van der Waals surface area (Å²) in [6, 6.07) is 5.98. The van der Waals surface area contributed by atoms with E-state index in [4.69, 9.17) is 4.74 Å². The molecule has 0 aliphatic rings. The summed E-state index contributed by atoms with van der Waals surface area (Å²) in [4.78, 5) is 12.2. The van der Waals surface area contributed by atoms with E-state index in [1.807, 2.05) is 18.5 Å². The van der Waals surface area contributed by atoms with Gasteiger partial charge in [-0.1, -0.05) is 13.8 Å². The summed E-state index contributed by atoms with van der Waals surface area (Å²) < 4.78 is 20.3. The van der Waals surface area contributed by atoms with Gasteiger partial charge in [0, 0.05) is 24.3 Å². The van der Waals surface area contributed by atoms with Crippen molar-refractivity contribution in [1.29, 1.82) is 0 Å². The third-order valence-corrected chi connectivity index (χ3v) is 4.38. The highest BCUT2D eigenvalue weighted by atomic mass is 19.1. The molecule has 0 spiro atoms. The van der Waals surface area contributed by atoms with Crippen LogP contribution < -0.4 is 10.1 Å². The topological polar surface area (TPSA) is 56.2 Å². The van der Waals surface area contributed by atoms with Gasteiger partial charge in [0.2, 0.25) is 5.91 Å². The molecule has 1 aromatic carbocycles. The summed E-state index contributed by atoms with van der Waals surface area (Å²) in [6.45, 7) is 10.3. The normalized spacial score (nSPS) is 11.0. The van der Waals surface area contributed by atoms with Crippen LogP contribution in [0.5, 0.6) is 5.75 Å². The van der Waals surface area contributed by atoms with Gasteiger partial charge in [0.05, 0.1) is 18.7 Å². The first-order valence-corrected chi connectivity index (χ1v) is 9.54. The fourth-order valence-corrected chi connectivity index (χ4v) is 2.91. The Labute approximate surface area is 160 Å². The van der Waals surface area contributed by atoms with Gasteiger partial charge in [-0.15, -0.1) is 0 Å². The maximum Gasteiger partial charge on any atom is 0.224 e. The number of ether oxygens (including phenoxy) is 1. The fourth-order valence-electron chi connectivity index (χ4n) is 2.91. The molecule has 2 aromatic rings. The molecular weight excluding hydrogens is 345 g/mol. The van der Waals surface area contributed by atoms with E-state index >= 15 is 0 Å². The van der Waals surface area contributed by atoms with Gasteiger partial charge in [-0.3, -0.25) is 9.48 Å². The maximum absolute atomic E-state index is 12.8. The monoisotopic (exact) mass is 375 g/mol. The van der Waals surface area contributed by atoms with E-state index < -0.39 is 0 Å². The number of unbranched alkanes of at least 4 members (excludes halogenated alkanes) is 1. The summed E-state index contributed by atoms with van der Waals surface area (Å²) >= 11 is 0. The highest BCUT2D eigenvalue weighted by Crippen LogP contribution is 2.15. The fraction of sp³-hybridized carbons (Fsp3) is 0.524. The van der Waals surface area contributed by atoms with E-state index in [1.165, 1.54) is 12.1 Å². The standard InChI is InChI=1S/C21H30FN3O2/c1-15(2)14-25-17(4)20(16(3)24-25)13-21(26)23-11-5-6-12-27-19-9-7-18(22)8-10-19/h7-10,15H,5-6,11-14H2,1-4H3,(H,23,26). The van der Waals surface area contributed by atoms with Crippen LogP contribution >= 0.6 is 0 Å². The summed E-state index contributed by atoms with van der Waals surface area (Å²) in [7, 11) is 0. The van der Waals surface area contributed by atoms with Gasteiger partial charge in [0.15, 0.2) is 0 Å². The predicted octanol–water partition coefficient (Wildman–Crippen LogP) is 3.81. The Morgan fingerprint density at radius 1 is 1.22 bits per heavy atom. The smallest absolute Gasteiger partial charge is 0.224 e. The van der Waals surface area contributed by atoms with Crippen molar-refractivity contribution in [2.24, 2.45) is 5.92 Å². The number of benzene rings is 1. The maximum atomic E-state index is 12.8. The first-order valence-electron chi connectivity index (χ1n) is 9.54. The molecule has 0 bridgehead atoms. The molecule has 1 N–H and O–H groups in total. The largest absolute Gasteiger partial charge is 0.494 e. The number of amides is 1. The number of nitrogens with zero attached hydrogens (tertiary/aromatic N) is 2. The molecule has 27 heavy (non-hydrogen) atoms. The lowest BCUT2D eigenvalue weighted by atomic mass is 10.1. The second kappa shape index (κ2) is 10.1. The molecule has 0 saturated carbocycles. The molecule has 1 heterocycles. The Bertz CT molecular complexity index is 739. The minimum absolute atomic E-state index is 0.0183. The van der Waals surface area contributed by atoms with Crippen molar-refractivity contribution in [1.82, 2.24) is 15.1 Å². The number of hydrogen-bond acceptors (Lipinski definition) is 3. The number of rotatable bonds is 10. The minimum atomic E-state index is -0.273.